The molecular weight excluding hydrogens is 260 g/mol. The van der Waals surface area contributed by atoms with Crippen molar-refractivity contribution in [3.8, 4) is 0 Å². The van der Waals surface area contributed by atoms with Crippen molar-refractivity contribution < 1.29 is 23.9 Å². The number of ether oxygens (including phenoxy) is 2. The Kier molecular flexibility index (Phi) is 6.98. The van der Waals surface area contributed by atoms with E-state index < -0.39 is 0 Å². The van der Waals surface area contributed by atoms with Crippen molar-refractivity contribution in [3.63, 3.8) is 0 Å². The van der Waals surface area contributed by atoms with E-state index in [-0.39, 0.29) is 29.7 Å². The van der Waals surface area contributed by atoms with Crippen molar-refractivity contribution >= 4 is 17.5 Å². The number of esters is 1. The summed E-state index contributed by atoms with van der Waals surface area (Å²) in [5.74, 6) is -0.247. The molecule has 1 aliphatic rings. The monoisotopic (exact) mass is 282 g/mol. The number of carbonyl (C=O) groups is 3. The second kappa shape index (κ2) is 8.51. The molecule has 0 amide bonds. The van der Waals surface area contributed by atoms with Crippen LogP contribution in [0.4, 0.5) is 0 Å². The van der Waals surface area contributed by atoms with E-state index in [0.717, 1.165) is 25.7 Å². The second-order valence-electron chi connectivity index (χ2n) is 4.75. The van der Waals surface area contributed by atoms with Crippen LogP contribution in [0.15, 0.2) is 11.3 Å². The van der Waals surface area contributed by atoms with Crippen LogP contribution >= 0.6 is 0 Å². The molecule has 0 aromatic heterocycles. The SMILES string of the molecule is CCOC(=O)CCCCCCC1=C(OC)C(=O)CC1=O. The fraction of sp³-hybridized carbons (Fsp3) is 0.667. The van der Waals surface area contributed by atoms with Gasteiger partial charge in [-0.2, -0.15) is 0 Å². The summed E-state index contributed by atoms with van der Waals surface area (Å²) < 4.78 is 9.83. The van der Waals surface area contributed by atoms with Gasteiger partial charge in [0.05, 0.1) is 20.1 Å². The molecule has 0 aromatic carbocycles. The Balaban J connectivity index is 2.21. The Bertz CT molecular complexity index is 408. The third-order valence-corrected chi connectivity index (χ3v) is 3.25. The molecule has 0 spiro atoms. The molecule has 0 saturated carbocycles. The molecule has 0 radical (unpaired) electrons. The van der Waals surface area contributed by atoms with Crippen LogP contribution in [0.5, 0.6) is 0 Å². The van der Waals surface area contributed by atoms with Crippen LogP contribution in [0.25, 0.3) is 0 Å². The van der Waals surface area contributed by atoms with E-state index in [2.05, 4.69) is 0 Å². The standard InChI is InChI=1S/C15H22O5/c1-3-20-14(18)9-7-5-4-6-8-11-12(16)10-13(17)15(11)19-2/h3-10H2,1-2H3. The van der Waals surface area contributed by atoms with E-state index in [4.69, 9.17) is 9.47 Å². The number of Topliss-reactive ketones (excluding diaryl/α,β-unsaturated/α-hetero) is 2. The predicted octanol–water partition coefficient (Wildman–Crippen LogP) is 2.33. The lowest BCUT2D eigenvalue weighted by atomic mass is 10.0. The van der Waals surface area contributed by atoms with Gasteiger partial charge < -0.3 is 9.47 Å². The first-order valence-corrected chi connectivity index (χ1v) is 7.09. The normalized spacial score (nSPS) is 14.9. The largest absolute Gasteiger partial charge is 0.493 e. The summed E-state index contributed by atoms with van der Waals surface area (Å²) >= 11 is 0. The van der Waals surface area contributed by atoms with Crippen molar-refractivity contribution in [1.29, 1.82) is 0 Å². The Hall–Kier alpha value is -1.65. The molecule has 20 heavy (non-hydrogen) atoms. The highest BCUT2D eigenvalue weighted by Gasteiger charge is 2.30. The average molecular weight is 282 g/mol. The Labute approximate surface area is 119 Å². The van der Waals surface area contributed by atoms with Crippen LogP contribution in [-0.2, 0) is 23.9 Å². The predicted molar refractivity (Wildman–Crippen MR) is 73.0 cm³/mol. The molecule has 0 N–H and O–H groups in total. The highest BCUT2D eigenvalue weighted by Crippen LogP contribution is 2.25. The zero-order valence-corrected chi connectivity index (χ0v) is 12.2. The summed E-state index contributed by atoms with van der Waals surface area (Å²) in [6.07, 6.45) is 4.41. The lowest BCUT2D eigenvalue weighted by Crippen LogP contribution is -2.03. The first-order chi connectivity index (χ1) is 9.60. The number of hydrogen-bond donors (Lipinski definition) is 0. The molecule has 0 fully saturated rings. The van der Waals surface area contributed by atoms with Crippen LogP contribution in [0.1, 0.15) is 51.9 Å². The molecule has 1 aliphatic carbocycles. The summed E-state index contributed by atoms with van der Waals surface area (Å²) in [5.41, 5.74) is 0.530. The first-order valence-electron chi connectivity index (χ1n) is 7.09. The Morgan fingerprint density at radius 3 is 2.45 bits per heavy atom. The summed E-state index contributed by atoms with van der Waals surface area (Å²) in [5, 5.41) is 0. The van der Waals surface area contributed by atoms with Gasteiger partial charge in [0.25, 0.3) is 0 Å². The van der Waals surface area contributed by atoms with Gasteiger partial charge in [0.1, 0.15) is 0 Å². The molecule has 0 unspecified atom stereocenters. The zero-order valence-electron chi connectivity index (χ0n) is 12.2. The smallest absolute Gasteiger partial charge is 0.305 e. The van der Waals surface area contributed by atoms with Crippen molar-refractivity contribution in [2.75, 3.05) is 13.7 Å². The van der Waals surface area contributed by atoms with E-state index in [1.807, 2.05) is 0 Å². The van der Waals surface area contributed by atoms with Crippen molar-refractivity contribution in [2.45, 2.75) is 51.9 Å². The fourth-order valence-electron chi connectivity index (χ4n) is 2.28. The van der Waals surface area contributed by atoms with Crippen LogP contribution in [0.3, 0.4) is 0 Å². The van der Waals surface area contributed by atoms with Crippen molar-refractivity contribution in [2.24, 2.45) is 0 Å². The third-order valence-electron chi connectivity index (χ3n) is 3.25. The maximum atomic E-state index is 11.6. The number of methoxy groups -OCH3 is 1. The summed E-state index contributed by atoms with van der Waals surface area (Å²) in [6.45, 7) is 2.21. The number of allylic oxidation sites excluding steroid dienone is 2. The molecule has 1 rings (SSSR count). The summed E-state index contributed by atoms with van der Waals surface area (Å²) in [6, 6.07) is 0. The van der Waals surface area contributed by atoms with Gasteiger partial charge >= 0.3 is 5.97 Å². The zero-order chi connectivity index (χ0) is 15.0. The summed E-state index contributed by atoms with van der Waals surface area (Å²) in [7, 11) is 1.42. The summed E-state index contributed by atoms with van der Waals surface area (Å²) in [4.78, 5) is 34.2. The van der Waals surface area contributed by atoms with Crippen LogP contribution in [-0.4, -0.2) is 31.3 Å². The van der Waals surface area contributed by atoms with Gasteiger partial charge in [-0.25, -0.2) is 0 Å². The topological polar surface area (TPSA) is 69.7 Å². The molecule has 0 saturated heterocycles. The minimum Gasteiger partial charge on any atom is -0.493 e. The minimum atomic E-state index is -0.213. The van der Waals surface area contributed by atoms with Gasteiger partial charge in [-0.05, 0) is 26.2 Å². The molecule has 0 atom stereocenters. The number of hydrogen-bond acceptors (Lipinski definition) is 5. The van der Waals surface area contributed by atoms with Crippen LogP contribution in [0, 0.1) is 0 Å². The van der Waals surface area contributed by atoms with Gasteiger partial charge in [0.15, 0.2) is 11.5 Å². The number of carbonyl (C=O) groups excluding carboxylic acids is 3. The van der Waals surface area contributed by atoms with Gasteiger partial charge in [-0.1, -0.05) is 12.8 Å². The van der Waals surface area contributed by atoms with Crippen molar-refractivity contribution in [1.82, 2.24) is 0 Å². The molecule has 0 heterocycles. The second-order valence-corrected chi connectivity index (χ2v) is 4.75. The Morgan fingerprint density at radius 2 is 1.80 bits per heavy atom. The molecule has 0 bridgehead atoms. The van der Waals surface area contributed by atoms with E-state index in [9.17, 15) is 14.4 Å². The number of ketones is 2. The van der Waals surface area contributed by atoms with Crippen molar-refractivity contribution in [3.05, 3.63) is 11.3 Å². The highest BCUT2D eigenvalue weighted by atomic mass is 16.5. The molecule has 5 heteroatoms. The lowest BCUT2D eigenvalue weighted by molar-refractivity contribution is -0.143. The maximum Gasteiger partial charge on any atom is 0.305 e. The molecule has 0 aliphatic heterocycles. The lowest BCUT2D eigenvalue weighted by Gasteiger charge is -2.04. The highest BCUT2D eigenvalue weighted by molar-refractivity contribution is 6.21. The van der Waals surface area contributed by atoms with E-state index in [1.54, 1.807) is 6.92 Å². The molecule has 5 nitrogen and oxygen atoms in total. The molecule has 112 valence electrons. The maximum absolute atomic E-state index is 11.6. The molecule has 0 aromatic rings. The van der Waals surface area contributed by atoms with Crippen LogP contribution in [0.2, 0.25) is 0 Å². The van der Waals surface area contributed by atoms with Gasteiger partial charge in [0, 0.05) is 12.0 Å². The number of rotatable bonds is 9. The fourth-order valence-corrected chi connectivity index (χ4v) is 2.28. The van der Waals surface area contributed by atoms with E-state index >= 15 is 0 Å². The quantitative estimate of drug-likeness (QED) is 0.369. The van der Waals surface area contributed by atoms with E-state index in [1.165, 1.54) is 7.11 Å². The van der Waals surface area contributed by atoms with E-state index in [0.29, 0.717) is 25.0 Å². The minimum absolute atomic E-state index is 0.0542. The number of unbranched alkanes of at least 4 members (excludes halogenated alkanes) is 3. The first kappa shape index (κ1) is 16.4. The van der Waals surface area contributed by atoms with Gasteiger partial charge in [-0.15, -0.1) is 0 Å². The average Bonchev–Trinajstić information content (AvgIpc) is 2.68. The Morgan fingerprint density at radius 1 is 1.10 bits per heavy atom. The third kappa shape index (κ3) is 4.79. The van der Waals surface area contributed by atoms with Gasteiger partial charge in [0.2, 0.25) is 5.78 Å². The van der Waals surface area contributed by atoms with Crippen LogP contribution < -0.4 is 0 Å². The molecular formula is C15H22O5. The van der Waals surface area contributed by atoms with Gasteiger partial charge in [-0.3, -0.25) is 14.4 Å².